The third kappa shape index (κ3) is 5.59. The molecular formula is C23H28N2O3. The molecule has 0 radical (unpaired) electrons. The minimum absolute atomic E-state index is 0.0504. The number of anilines is 1. The average molecular weight is 380 g/mol. The zero-order valence-corrected chi connectivity index (χ0v) is 16.5. The monoisotopic (exact) mass is 380 g/mol. The summed E-state index contributed by atoms with van der Waals surface area (Å²) >= 11 is 0. The number of hydrogen-bond donors (Lipinski definition) is 2. The summed E-state index contributed by atoms with van der Waals surface area (Å²) in [6.45, 7) is 3.92. The summed E-state index contributed by atoms with van der Waals surface area (Å²) in [5.74, 6) is 0.487. The van der Waals surface area contributed by atoms with Crippen LogP contribution in [-0.4, -0.2) is 24.0 Å². The number of benzene rings is 2. The minimum atomic E-state index is -0.199. The highest BCUT2D eigenvalue weighted by atomic mass is 16.5. The van der Waals surface area contributed by atoms with Crippen LogP contribution >= 0.6 is 0 Å². The summed E-state index contributed by atoms with van der Waals surface area (Å²) in [6, 6.07) is 14.3. The van der Waals surface area contributed by atoms with Crippen molar-refractivity contribution in [1.82, 2.24) is 5.32 Å². The molecule has 1 aliphatic rings. The molecule has 2 amide bonds. The van der Waals surface area contributed by atoms with E-state index in [2.05, 4.69) is 10.6 Å². The van der Waals surface area contributed by atoms with E-state index in [1.807, 2.05) is 13.8 Å². The van der Waals surface area contributed by atoms with Crippen LogP contribution in [0.3, 0.4) is 0 Å². The second-order valence-corrected chi connectivity index (χ2v) is 7.53. The first-order valence-electron chi connectivity index (χ1n) is 10.0. The maximum absolute atomic E-state index is 12.4. The van der Waals surface area contributed by atoms with E-state index >= 15 is 0 Å². The zero-order valence-electron chi connectivity index (χ0n) is 16.5. The fraction of sp³-hybridized carbons (Fsp3) is 0.391. The molecule has 0 aliphatic heterocycles. The number of carbonyl (C=O) groups excluding carboxylic acids is 2. The molecule has 3 rings (SSSR count). The van der Waals surface area contributed by atoms with Crippen molar-refractivity contribution in [2.45, 2.75) is 58.1 Å². The Hall–Kier alpha value is -2.82. The number of amides is 2. The molecule has 5 heteroatoms. The average Bonchev–Trinajstić information content (AvgIpc) is 2.69. The van der Waals surface area contributed by atoms with Crippen LogP contribution in [0.25, 0.3) is 0 Å². The summed E-state index contributed by atoms with van der Waals surface area (Å²) in [5, 5.41) is 5.96. The number of rotatable bonds is 6. The molecule has 2 aromatic carbocycles. The smallest absolute Gasteiger partial charge is 0.255 e. The van der Waals surface area contributed by atoms with Crippen molar-refractivity contribution in [3.8, 4) is 5.75 Å². The fourth-order valence-corrected chi connectivity index (χ4v) is 3.38. The highest BCUT2D eigenvalue weighted by Crippen LogP contribution is 2.19. The largest absolute Gasteiger partial charge is 0.491 e. The third-order valence-electron chi connectivity index (χ3n) is 4.83. The van der Waals surface area contributed by atoms with Gasteiger partial charge in [-0.25, -0.2) is 0 Å². The fourth-order valence-electron chi connectivity index (χ4n) is 3.38. The Bertz CT molecular complexity index is 792. The van der Waals surface area contributed by atoms with Crippen LogP contribution in [0, 0.1) is 0 Å². The molecule has 148 valence electrons. The van der Waals surface area contributed by atoms with Gasteiger partial charge in [0.2, 0.25) is 0 Å². The standard InChI is InChI=1S/C23H28N2O3/c1-16(2)28-21-14-10-18(11-15-21)23(27)25-20-12-8-17(9-13-20)22(26)24-19-6-4-3-5-7-19/h8-16,19H,3-7H2,1-2H3,(H,24,26)(H,25,27). The van der Waals surface area contributed by atoms with Gasteiger partial charge in [0.15, 0.2) is 0 Å². The SMILES string of the molecule is CC(C)Oc1ccc(C(=O)Nc2ccc(C(=O)NC3CCCCC3)cc2)cc1. The van der Waals surface area contributed by atoms with Gasteiger partial charge in [0, 0.05) is 22.9 Å². The van der Waals surface area contributed by atoms with E-state index < -0.39 is 0 Å². The van der Waals surface area contributed by atoms with Gasteiger partial charge in [-0.05, 0) is 75.2 Å². The Morgan fingerprint density at radius 1 is 0.857 bits per heavy atom. The zero-order chi connectivity index (χ0) is 19.9. The topological polar surface area (TPSA) is 67.4 Å². The summed E-state index contributed by atoms with van der Waals surface area (Å²) < 4.78 is 5.59. The van der Waals surface area contributed by atoms with Crippen molar-refractivity contribution >= 4 is 17.5 Å². The molecule has 0 unspecified atom stereocenters. The summed E-state index contributed by atoms with van der Waals surface area (Å²) in [5.41, 5.74) is 1.82. The van der Waals surface area contributed by atoms with Crippen LogP contribution in [0.5, 0.6) is 5.75 Å². The Morgan fingerprint density at radius 2 is 1.43 bits per heavy atom. The molecule has 2 aromatic rings. The van der Waals surface area contributed by atoms with Gasteiger partial charge in [0.1, 0.15) is 5.75 Å². The van der Waals surface area contributed by atoms with Gasteiger partial charge in [-0.15, -0.1) is 0 Å². The van der Waals surface area contributed by atoms with Gasteiger partial charge >= 0.3 is 0 Å². The molecule has 2 N–H and O–H groups in total. The van der Waals surface area contributed by atoms with Gasteiger partial charge in [-0.1, -0.05) is 19.3 Å². The van der Waals surface area contributed by atoms with Crippen molar-refractivity contribution in [2.24, 2.45) is 0 Å². The van der Waals surface area contributed by atoms with E-state index in [1.165, 1.54) is 19.3 Å². The molecule has 1 aliphatic carbocycles. The molecule has 0 bridgehead atoms. The molecule has 0 aromatic heterocycles. The number of ether oxygens (including phenoxy) is 1. The molecule has 0 spiro atoms. The van der Waals surface area contributed by atoms with E-state index in [4.69, 9.17) is 4.74 Å². The van der Waals surface area contributed by atoms with Crippen molar-refractivity contribution in [3.63, 3.8) is 0 Å². The van der Waals surface area contributed by atoms with E-state index in [0.717, 1.165) is 18.6 Å². The Morgan fingerprint density at radius 3 is 2.04 bits per heavy atom. The lowest BCUT2D eigenvalue weighted by molar-refractivity contribution is 0.0927. The Labute approximate surface area is 166 Å². The van der Waals surface area contributed by atoms with Crippen LogP contribution in [0.1, 0.15) is 66.7 Å². The normalized spacial score (nSPS) is 14.5. The minimum Gasteiger partial charge on any atom is -0.491 e. The lowest BCUT2D eigenvalue weighted by Gasteiger charge is -2.22. The molecule has 0 atom stereocenters. The highest BCUT2D eigenvalue weighted by Gasteiger charge is 2.16. The Kier molecular flexibility index (Phi) is 6.69. The summed E-state index contributed by atoms with van der Waals surface area (Å²) in [7, 11) is 0. The summed E-state index contributed by atoms with van der Waals surface area (Å²) in [6.07, 6.45) is 5.82. The summed E-state index contributed by atoms with van der Waals surface area (Å²) in [4.78, 5) is 24.8. The lowest BCUT2D eigenvalue weighted by atomic mass is 9.95. The van der Waals surface area contributed by atoms with Gasteiger partial charge in [0.25, 0.3) is 11.8 Å². The van der Waals surface area contributed by atoms with Crippen molar-refractivity contribution in [3.05, 3.63) is 59.7 Å². The van der Waals surface area contributed by atoms with Crippen molar-refractivity contribution < 1.29 is 14.3 Å². The number of carbonyl (C=O) groups is 2. The first kappa shape index (κ1) is 19.9. The molecule has 1 fully saturated rings. The maximum Gasteiger partial charge on any atom is 0.255 e. The van der Waals surface area contributed by atoms with E-state index in [0.29, 0.717) is 16.8 Å². The highest BCUT2D eigenvalue weighted by molar-refractivity contribution is 6.04. The quantitative estimate of drug-likeness (QED) is 0.757. The molecule has 28 heavy (non-hydrogen) atoms. The molecule has 5 nitrogen and oxygen atoms in total. The van der Waals surface area contributed by atoms with Gasteiger partial charge < -0.3 is 15.4 Å². The number of hydrogen-bond acceptors (Lipinski definition) is 3. The van der Waals surface area contributed by atoms with Crippen LogP contribution in [0.4, 0.5) is 5.69 Å². The van der Waals surface area contributed by atoms with Crippen LogP contribution in [0.2, 0.25) is 0 Å². The van der Waals surface area contributed by atoms with Gasteiger partial charge in [0.05, 0.1) is 6.10 Å². The van der Waals surface area contributed by atoms with E-state index in [-0.39, 0.29) is 24.0 Å². The molecular weight excluding hydrogens is 352 g/mol. The predicted octanol–water partition coefficient (Wildman–Crippen LogP) is 4.79. The first-order chi connectivity index (χ1) is 13.5. The van der Waals surface area contributed by atoms with E-state index in [1.54, 1.807) is 48.5 Å². The molecule has 1 saturated carbocycles. The predicted molar refractivity (Wildman–Crippen MR) is 111 cm³/mol. The number of nitrogens with one attached hydrogen (secondary N) is 2. The lowest BCUT2D eigenvalue weighted by Crippen LogP contribution is -2.36. The second-order valence-electron chi connectivity index (χ2n) is 7.53. The van der Waals surface area contributed by atoms with Crippen LogP contribution in [-0.2, 0) is 0 Å². The third-order valence-corrected chi connectivity index (χ3v) is 4.83. The van der Waals surface area contributed by atoms with Crippen LogP contribution in [0.15, 0.2) is 48.5 Å². The van der Waals surface area contributed by atoms with E-state index in [9.17, 15) is 9.59 Å². The molecule has 0 heterocycles. The van der Waals surface area contributed by atoms with Gasteiger partial charge in [-0.2, -0.15) is 0 Å². The second kappa shape index (κ2) is 9.40. The first-order valence-corrected chi connectivity index (χ1v) is 10.0. The van der Waals surface area contributed by atoms with Crippen LogP contribution < -0.4 is 15.4 Å². The Balaban J connectivity index is 1.55. The van der Waals surface area contributed by atoms with Crippen molar-refractivity contribution in [1.29, 1.82) is 0 Å². The molecule has 0 saturated heterocycles. The van der Waals surface area contributed by atoms with Crippen molar-refractivity contribution in [2.75, 3.05) is 5.32 Å². The maximum atomic E-state index is 12.4. The van der Waals surface area contributed by atoms with Gasteiger partial charge in [-0.3, -0.25) is 9.59 Å².